The van der Waals surface area contributed by atoms with Gasteiger partial charge >= 0.3 is 0 Å². The van der Waals surface area contributed by atoms with E-state index in [9.17, 15) is 0 Å². The molecule has 0 fully saturated rings. The number of aryl methyl sites for hydroxylation is 1. The van der Waals surface area contributed by atoms with E-state index in [1.54, 1.807) is 14.2 Å². The molecule has 1 unspecified atom stereocenters. The number of nitrogens with zero attached hydrogens (tertiary/aromatic N) is 2. The number of methoxy groups -OCH3 is 2. The highest BCUT2D eigenvalue weighted by Crippen LogP contribution is 2.43. The van der Waals surface area contributed by atoms with Crippen molar-refractivity contribution >= 4 is 16.6 Å². The highest BCUT2D eigenvalue weighted by atomic mass is 16.5. The van der Waals surface area contributed by atoms with Crippen molar-refractivity contribution in [3.8, 4) is 11.5 Å². The van der Waals surface area contributed by atoms with E-state index < -0.39 is 0 Å². The zero-order valence-electron chi connectivity index (χ0n) is 14.5. The van der Waals surface area contributed by atoms with Gasteiger partial charge in [-0.05, 0) is 48.4 Å². The number of likely N-dealkylation sites (N-methyl/N-ethyl adjacent to an activating group) is 1. The fourth-order valence-electron chi connectivity index (χ4n) is 3.82. The summed E-state index contributed by atoms with van der Waals surface area (Å²) >= 11 is 0. The molecule has 0 bridgehead atoms. The van der Waals surface area contributed by atoms with Crippen molar-refractivity contribution < 1.29 is 9.47 Å². The molecule has 4 nitrogen and oxygen atoms in total. The van der Waals surface area contributed by atoms with Gasteiger partial charge in [-0.2, -0.15) is 0 Å². The molecule has 0 N–H and O–H groups in total. The van der Waals surface area contributed by atoms with Gasteiger partial charge < -0.3 is 18.9 Å². The van der Waals surface area contributed by atoms with Crippen LogP contribution in [0, 0.1) is 0 Å². The predicted octanol–water partition coefficient (Wildman–Crippen LogP) is 3.93. The van der Waals surface area contributed by atoms with Crippen molar-refractivity contribution in [2.75, 3.05) is 26.2 Å². The van der Waals surface area contributed by atoms with E-state index >= 15 is 0 Å². The monoisotopic (exact) mass is 322 g/mol. The molecule has 4 rings (SSSR count). The highest BCUT2D eigenvalue weighted by molar-refractivity contribution is 5.87. The lowest BCUT2D eigenvalue weighted by molar-refractivity contribution is 0.414. The Bertz CT molecular complexity index is 913. The standard InChI is InChI=1S/C20H22N2O2/c1-21-12-17(16-11-15(24-4)6-8-19(16)21)20-10-13-9-14(23-3)5-7-18(13)22(20)2/h5-9,11-12,20H,10H2,1-4H3. The molecule has 0 aliphatic carbocycles. The van der Waals surface area contributed by atoms with E-state index in [1.165, 1.54) is 27.7 Å². The molecular formula is C20H22N2O2. The first-order chi connectivity index (χ1) is 11.6. The molecular weight excluding hydrogens is 300 g/mol. The first-order valence-corrected chi connectivity index (χ1v) is 8.15. The number of fused-ring (bicyclic) bond motifs is 2. The van der Waals surface area contributed by atoms with Crippen LogP contribution in [0.15, 0.2) is 42.6 Å². The van der Waals surface area contributed by atoms with E-state index in [-0.39, 0.29) is 0 Å². The van der Waals surface area contributed by atoms with Crippen LogP contribution in [0.1, 0.15) is 17.2 Å². The van der Waals surface area contributed by atoms with E-state index in [1.807, 2.05) is 12.1 Å². The molecule has 2 heterocycles. The van der Waals surface area contributed by atoms with Gasteiger partial charge in [0.25, 0.3) is 0 Å². The molecule has 0 saturated carbocycles. The Morgan fingerprint density at radius 3 is 2.42 bits per heavy atom. The van der Waals surface area contributed by atoms with Crippen LogP contribution in [-0.2, 0) is 13.5 Å². The SMILES string of the molecule is COc1ccc2c(c1)CC(c1cn(C)c3ccc(OC)cc13)N2C. The Morgan fingerprint density at radius 2 is 1.67 bits per heavy atom. The lowest BCUT2D eigenvalue weighted by Crippen LogP contribution is -2.19. The second kappa shape index (κ2) is 5.48. The highest BCUT2D eigenvalue weighted by Gasteiger charge is 2.30. The van der Waals surface area contributed by atoms with Gasteiger partial charge in [0.05, 0.1) is 20.3 Å². The van der Waals surface area contributed by atoms with Crippen molar-refractivity contribution in [1.82, 2.24) is 4.57 Å². The normalized spacial score (nSPS) is 16.5. The second-order valence-electron chi connectivity index (χ2n) is 6.40. The summed E-state index contributed by atoms with van der Waals surface area (Å²) in [4.78, 5) is 2.36. The third-order valence-electron chi connectivity index (χ3n) is 5.13. The maximum Gasteiger partial charge on any atom is 0.119 e. The lowest BCUT2D eigenvalue weighted by Gasteiger charge is -2.22. The number of hydrogen-bond acceptors (Lipinski definition) is 3. The number of benzene rings is 2. The Kier molecular flexibility index (Phi) is 3.41. The Labute approximate surface area is 142 Å². The van der Waals surface area contributed by atoms with E-state index in [4.69, 9.17) is 9.47 Å². The molecule has 1 aliphatic rings. The van der Waals surface area contributed by atoms with Gasteiger partial charge in [0.15, 0.2) is 0 Å². The van der Waals surface area contributed by atoms with Gasteiger partial charge in [0, 0.05) is 42.4 Å². The zero-order chi connectivity index (χ0) is 16.8. The quantitative estimate of drug-likeness (QED) is 0.731. The van der Waals surface area contributed by atoms with Crippen LogP contribution < -0.4 is 14.4 Å². The molecule has 124 valence electrons. The predicted molar refractivity (Wildman–Crippen MR) is 97.3 cm³/mol. The van der Waals surface area contributed by atoms with Crippen molar-refractivity contribution in [2.45, 2.75) is 12.5 Å². The Morgan fingerprint density at radius 1 is 0.958 bits per heavy atom. The molecule has 2 aromatic carbocycles. The third-order valence-corrected chi connectivity index (χ3v) is 5.13. The molecule has 4 heteroatoms. The lowest BCUT2D eigenvalue weighted by atomic mass is 10.0. The summed E-state index contributed by atoms with van der Waals surface area (Å²) in [5.74, 6) is 1.82. The van der Waals surface area contributed by atoms with Crippen molar-refractivity contribution in [2.24, 2.45) is 7.05 Å². The minimum Gasteiger partial charge on any atom is -0.497 e. The summed E-state index contributed by atoms with van der Waals surface area (Å²) in [7, 11) is 7.70. The maximum atomic E-state index is 5.43. The van der Waals surface area contributed by atoms with Crippen LogP contribution in [0.5, 0.6) is 11.5 Å². The van der Waals surface area contributed by atoms with Crippen molar-refractivity contribution in [1.29, 1.82) is 0 Å². The van der Waals surface area contributed by atoms with Crippen LogP contribution in [-0.4, -0.2) is 25.8 Å². The van der Waals surface area contributed by atoms with Crippen LogP contribution in [0.25, 0.3) is 10.9 Å². The first-order valence-electron chi connectivity index (χ1n) is 8.15. The average Bonchev–Trinajstić information content (AvgIpc) is 3.11. The van der Waals surface area contributed by atoms with Crippen LogP contribution in [0.3, 0.4) is 0 Å². The van der Waals surface area contributed by atoms with Gasteiger partial charge in [-0.15, -0.1) is 0 Å². The Balaban J connectivity index is 1.81. The van der Waals surface area contributed by atoms with E-state index in [0.717, 1.165) is 17.9 Å². The number of rotatable bonds is 3. The van der Waals surface area contributed by atoms with Gasteiger partial charge in [-0.1, -0.05) is 0 Å². The maximum absolute atomic E-state index is 5.43. The summed E-state index contributed by atoms with van der Waals surface area (Å²) in [6.45, 7) is 0. The fourth-order valence-corrected chi connectivity index (χ4v) is 3.82. The summed E-state index contributed by atoms with van der Waals surface area (Å²) < 4.78 is 13.0. The molecule has 0 amide bonds. The topological polar surface area (TPSA) is 26.6 Å². The molecule has 0 spiro atoms. The Hall–Kier alpha value is -2.62. The minimum atomic E-state index is 0.322. The molecule has 1 atom stereocenters. The van der Waals surface area contributed by atoms with Crippen LogP contribution in [0.2, 0.25) is 0 Å². The van der Waals surface area contributed by atoms with Crippen molar-refractivity contribution in [3.63, 3.8) is 0 Å². The number of aromatic nitrogens is 1. The van der Waals surface area contributed by atoms with Crippen LogP contribution >= 0.6 is 0 Å². The summed E-state index contributed by atoms with van der Waals surface area (Å²) in [5, 5.41) is 1.26. The summed E-state index contributed by atoms with van der Waals surface area (Å²) in [5.41, 5.74) is 5.18. The number of hydrogen-bond donors (Lipinski definition) is 0. The summed E-state index contributed by atoms with van der Waals surface area (Å²) in [6.07, 6.45) is 3.23. The molecule has 24 heavy (non-hydrogen) atoms. The number of ether oxygens (including phenoxy) is 2. The third kappa shape index (κ3) is 2.13. The van der Waals surface area contributed by atoms with Crippen LogP contribution in [0.4, 0.5) is 5.69 Å². The van der Waals surface area contributed by atoms with Crippen molar-refractivity contribution in [3.05, 3.63) is 53.7 Å². The van der Waals surface area contributed by atoms with E-state index in [0.29, 0.717) is 6.04 Å². The van der Waals surface area contributed by atoms with Gasteiger partial charge in [0.2, 0.25) is 0 Å². The molecule has 1 aliphatic heterocycles. The van der Waals surface area contributed by atoms with Gasteiger partial charge in [-0.3, -0.25) is 0 Å². The average molecular weight is 322 g/mol. The molecule has 3 aromatic rings. The van der Waals surface area contributed by atoms with Gasteiger partial charge in [-0.25, -0.2) is 0 Å². The zero-order valence-corrected chi connectivity index (χ0v) is 14.5. The summed E-state index contributed by atoms with van der Waals surface area (Å²) in [6, 6.07) is 12.9. The second-order valence-corrected chi connectivity index (χ2v) is 6.40. The largest absolute Gasteiger partial charge is 0.497 e. The first kappa shape index (κ1) is 14.9. The van der Waals surface area contributed by atoms with Gasteiger partial charge in [0.1, 0.15) is 11.5 Å². The molecule has 0 saturated heterocycles. The minimum absolute atomic E-state index is 0.322. The number of anilines is 1. The smallest absolute Gasteiger partial charge is 0.119 e. The fraction of sp³-hybridized carbons (Fsp3) is 0.300. The van der Waals surface area contributed by atoms with E-state index in [2.05, 4.69) is 54.0 Å². The molecule has 0 radical (unpaired) electrons. The molecule has 1 aromatic heterocycles.